The second-order valence-electron chi connectivity index (χ2n) is 7.72. The summed E-state index contributed by atoms with van der Waals surface area (Å²) in [6.07, 6.45) is -1.95. The summed E-state index contributed by atoms with van der Waals surface area (Å²) in [7, 11) is 5.56. The normalized spacial score (nSPS) is 16.0. The number of alkyl halides is 3. The molecule has 1 aliphatic heterocycles. The summed E-state index contributed by atoms with van der Waals surface area (Å²) in [5.74, 6) is -3.04. The zero-order chi connectivity index (χ0) is 25.6. The van der Waals surface area contributed by atoms with Gasteiger partial charge in [0.15, 0.2) is 0 Å². The monoisotopic (exact) mass is 481 g/mol. The lowest BCUT2D eigenvalue weighted by Crippen LogP contribution is -2.35. The van der Waals surface area contributed by atoms with E-state index in [1.54, 1.807) is 11.9 Å². The van der Waals surface area contributed by atoms with Gasteiger partial charge < -0.3 is 34.3 Å². The van der Waals surface area contributed by atoms with Crippen LogP contribution in [-0.4, -0.2) is 73.0 Å². The number of aromatic nitrogens is 1. The average Bonchev–Trinajstić information content (AvgIpc) is 2.86. The molecule has 3 rings (SSSR count). The zero-order valence-corrected chi connectivity index (χ0v) is 18.6. The third kappa shape index (κ3) is 7.17. The lowest BCUT2D eigenvalue weighted by atomic mass is 10.1. The van der Waals surface area contributed by atoms with Gasteiger partial charge in [0.05, 0.1) is 29.6 Å². The van der Waals surface area contributed by atoms with Gasteiger partial charge in [-0.1, -0.05) is 0 Å². The molecular formula is C22H22F3N3O6-2. The molecule has 0 spiro atoms. The molecule has 1 aliphatic rings. The SMILES string of the molecule is CN(C)CCC1CN(C)C(=O)c2cnc3cc(C(F)(F)F)ccc3c2O1.O=C([O-])/C=C/C(=O)[O-]. The van der Waals surface area contributed by atoms with Crippen LogP contribution in [0, 0.1) is 0 Å². The van der Waals surface area contributed by atoms with Gasteiger partial charge in [0, 0.05) is 25.2 Å². The molecule has 12 heteroatoms. The first kappa shape index (κ1) is 26.6. The zero-order valence-electron chi connectivity index (χ0n) is 18.6. The second-order valence-corrected chi connectivity index (χ2v) is 7.72. The van der Waals surface area contributed by atoms with Gasteiger partial charge in [-0.2, -0.15) is 13.2 Å². The molecule has 184 valence electrons. The predicted octanol–water partition coefficient (Wildman–Crippen LogP) is 0.0807. The lowest BCUT2D eigenvalue weighted by molar-refractivity contribution is -0.301. The van der Waals surface area contributed by atoms with Crippen molar-refractivity contribution in [1.29, 1.82) is 0 Å². The number of rotatable bonds is 5. The van der Waals surface area contributed by atoms with Crippen LogP contribution in [0.25, 0.3) is 10.9 Å². The van der Waals surface area contributed by atoms with E-state index in [0.717, 1.165) is 18.7 Å². The van der Waals surface area contributed by atoms with Gasteiger partial charge in [-0.25, -0.2) is 0 Å². The van der Waals surface area contributed by atoms with Crippen LogP contribution in [0.5, 0.6) is 5.75 Å². The smallest absolute Gasteiger partial charge is 0.416 e. The second kappa shape index (κ2) is 11.0. The van der Waals surface area contributed by atoms with Crippen LogP contribution in [0.4, 0.5) is 13.2 Å². The number of carbonyl (C=O) groups is 3. The number of carbonyl (C=O) groups excluding carboxylic acids is 3. The topological polar surface area (TPSA) is 126 Å². The predicted molar refractivity (Wildman–Crippen MR) is 110 cm³/mol. The molecule has 0 radical (unpaired) electrons. The fourth-order valence-corrected chi connectivity index (χ4v) is 3.11. The first-order valence-corrected chi connectivity index (χ1v) is 9.96. The molecule has 0 aliphatic carbocycles. The van der Waals surface area contributed by atoms with Gasteiger partial charge in [0.25, 0.3) is 5.91 Å². The highest BCUT2D eigenvalue weighted by molar-refractivity contribution is 6.02. The van der Waals surface area contributed by atoms with E-state index < -0.39 is 23.7 Å². The van der Waals surface area contributed by atoms with Crippen molar-refractivity contribution in [2.75, 3.05) is 34.2 Å². The number of carboxylic acids is 2. The molecule has 1 atom stereocenters. The van der Waals surface area contributed by atoms with E-state index in [9.17, 15) is 37.8 Å². The summed E-state index contributed by atoms with van der Waals surface area (Å²) in [6.45, 7) is 1.17. The number of amides is 1. The van der Waals surface area contributed by atoms with Gasteiger partial charge in [-0.05, 0) is 50.9 Å². The molecule has 0 N–H and O–H groups in total. The third-order valence-electron chi connectivity index (χ3n) is 4.74. The molecule has 0 saturated heterocycles. The average molecular weight is 481 g/mol. The first-order chi connectivity index (χ1) is 15.8. The number of carboxylic acid groups (broad SMARTS) is 2. The molecule has 1 aromatic heterocycles. The van der Waals surface area contributed by atoms with E-state index in [0.29, 0.717) is 36.3 Å². The molecule has 2 heterocycles. The maximum Gasteiger partial charge on any atom is 0.416 e. The van der Waals surface area contributed by atoms with Crippen molar-refractivity contribution in [3.05, 3.63) is 47.7 Å². The largest absolute Gasteiger partial charge is 0.545 e. The van der Waals surface area contributed by atoms with E-state index in [-0.39, 0.29) is 23.1 Å². The summed E-state index contributed by atoms with van der Waals surface area (Å²) in [6, 6.07) is 3.29. The Morgan fingerprint density at radius 2 is 1.85 bits per heavy atom. The van der Waals surface area contributed by atoms with Gasteiger partial charge in [-0.3, -0.25) is 9.78 Å². The summed E-state index contributed by atoms with van der Waals surface area (Å²) in [4.78, 5) is 39.1. The molecule has 9 nitrogen and oxygen atoms in total. The molecule has 1 amide bonds. The van der Waals surface area contributed by atoms with Crippen molar-refractivity contribution in [1.82, 2.24) is 14.8 Å². The van der Waals surface area contributed by atoms with E-state index in [1.165, 1.54) is 12.3 Å². The molecule has 1 unspecified atom stereocenters. The molecular weight excluding hydrogens is 459 g/mol. The van der Waals surface area contributed by atoms with Crippen molar-refractivity contribution in [2.24, 2.45) is 0 Å². The van der Waals surface area contributed by atoms with Gasteiger partial charge in [0.1, 0.15) is 17.4 Å². The summed E-state index contributed by atoms with van der Waals surface area (Å²) < 4.78 is 44.9. The quantitative estimate of drug-likeness (QED) is 0.550. The van der Waals surface area contributed by atoms with Crippen molar-refractivity contribution in [3.63, 3.8) is 0 Å². The van der Waals surface area contributed by atoms with Crippen LogP contribution in [-0.2, 0) is 15.8 Å². The Labute approximate surface area is 193 Å². The van der Waals surface area contributed by atoms with Crippen molar-refractivity contribution < 1.29 is 42.5 Å². The number of hydrogen-bond acceptors (Lipinski definition) is 8. The van der Waals surface area contributed by atoms with Gasteiger partial charge in [0.2, 0.25) is 0 Å². The van der Waals surface area contributed by atoms with E-state index in [4.69, 9.17) is 4.74 Å². The Bertz CT molecular complexity index is 1090. The Kier molecular flexibility index (Phi) is 8.57. The highest BCUT2D eigenvalue weighted by Gasteiger charge is 2.32. The number of fused-ring (bicyclic) bond motifs is 3. The van der Waals surface area contributed by atoms with Crippen LogP contribution in [0.3, 0.4) is 0 Å². The van der Waals surface area contributed by atoms with E-state index in [2.05, 4.69) is 4.98 Å². The number of halogens is 3. The minimum absolute atomic E-state index is 0.155. The van der Waals surface area contributed by atoms with Crippen molar-refractivity contribution in [3.8, 4) is 5.75 Å². The number of pyridine rings is 1. The summed E-state index contributed by atoms with van der Waals surface area (Å²) in [5.41, 5.74) is -0.354. The standard InChI is InChI=1S/C18H20F3N3O2.C4H4O4/c1-23(2)7-6-12-10-24(3)17(25)14-9-22-15-8-11(18(19,20)21)4-5-13(15)16(14)26-12;5-3(6)1-2-4(7)8/h4-5,8-9,12H,6-7,10H2,1-3H3;1-2H,(H,5,6)(H,7,8)/p-2/b;2-1+. The molecule has 1 aromatic carbocycles. The molecule has 0 saturated carbocycles. The lowest BCUT2D eigenvalue weighted by Gasteiger charge is -2.22. The van der Waals surface area contributed by atoms with Gasteiger partial charge >= 0.3 is 6.18 Å². The minimum Gasteiger partial charge on any atom is -0.545 e. The Hall–Kier alpha value is -3.67. The molecule has 0 fully saturated rings. The van der Waals surface area contributed by atoms with Crippen LogP contribution in [0.2, 0.25) is 0 Å². The van der Waals surface area contributed by atoms with Crippen LogP contribution >= 0.6 is 0 Å². The molecule has 0 bridgehead atoms. The van der Waals surface area contributed by atoms with Crippen molar-refractivity contribution >= 4 is 28.7 Å². The number of nitrogens with zero attached hydrogens (tertiary/aromatic N) is 3. The third-order valence-corrected chi connectivity index (χ3v) is 4.74. The Morgan fingerprint density at radius 1 is 1.24 bits per heavy atom. The number of benzene rings is 1. The van der Waals surface area contributed by atoms with Crippen molar-refractivity contribution in [2.45, 2.75) is 18.7 Å². The Morgan fingerprint density at radius 3 is 2.38 bits per heavy atom. The fourth-order valence-electron chi connectivity index (χ4n) is 3.11. The van der Waals surface area contributed by atoms with Crippen LogP contribution < -0.4 is 14.9 Å². The van der Waals surface area contributed by atoms with E-state index in [1.807, 2.05) is 19.0 Å². The molecule has 34 heavy (non-hydrogen) atoms. The van der Waals surface area contributed by atoms with Crippen LogP contribution in [0.1, 0.15) is 22.3 Å². The maximum atomic E-state index is 12.9. The number of hydrogen-bond donors (Lipinski definition) is 0. The fraction of sp³-hybridized carbons (Fsp3) is 0.364. The number of ether oxygens (including phenoxy) is 1. The Balaban J connectivity index is 0.000000440. The number of aliphatic carboxylic acids is 2. The minimum atomic E-state index is -4.45. The number of likely N-dealkylation sites (N-methyl/N-ethyl adjacent to an activating group) is 1. The van der Waals surface area contributed by atoms with E-state index >= 15 is 0 Å². The summed E-state index contributed by atoms with van der Waals surface area (Å²) >= 11 is 0. The summed E-state index contributed by atoms with van der Waals surface area (Å²) in [5, 5.41) is 19.2. The first-order valence-electron chi connectivity index (χ1n) is 9.96. The highest BCUT2D eigenvalue weighted by atomic mass is 19.4. The highest BCUT2D eigenvalue weighted by Crippen LogP contribution is 2.36. The molecule has 2 aromatic rings. The van der Waals surface area contributed by atoms with Crippen LogP contribution in [0.15, 0.2) is 36.5 Å². The maximum absolute atomic E-state index is 12.9. The van der Waals surface area contributed by atoms with Gasteiger partial charge in [-0.15, -0.1) is 0 Å².